The number of carbonyl (C=O) groups is 1. The SMILES string of the molecule is C=CC(=O)N1Cc2ccccc2C(Nc2ncnc(N)c2C(=N)c2ccc(OCC)c(OC)c2)C1. The van der Waals surface area contributed by atoms with E-state index in [-0.39, 0.29) is 23.5 Å². The molecule has 0 aliphatic carbocycles. The Morgan fingerprint density at radius 1 is 1.29 bits per heavy atom. The summed E-state index contributed by atoms with van der Waals surface area (Å²) in [6, 6.07) is 12.9. The first-order chi connectivity index (χ1) is 17.0. The zero-order valence-corrected chi connectivity index (χ0v) is 19.7. The first-order valence-corrected chi connectivity index (χ1v) is 11.2. The van der Waals surface area contributed by atoms with E-state index in [4.69, 9.17) is 20.6 Å². The van der Waals surface area contributed by atoms with Crippen LogP contribution in [-0.4, -0.2) is 46.7 Å². The van der Waals surface area contributed by atoms with Gasteiger partial charge in [-0.2, -0.15) is 0 Å². The quantitative estimate of drug-likeness (QED) is 0.338. The lowest BCUT2D eigenvalue weighted by Crippen LogP contribution is -2.40. The largest absolute Gasteiger partial charge is 0.493 e. The molecule has 1 atom stereocenters. The lowest BCUT2D eigenvalue weighted by atomic mass is 9.94. The van der Waals surface area contributed by atoms with Crippen molar-refractivity contribution >= 4 is 23.3 Å². The number of rotatable bonds is 8. The minimum absolute atomic E-state index is 0.134. The number of hydrogen-bond donors (Lipinski definition) is 3. The highest BCUT2D eigenvalue weighted by molar-refractivity contribution is 6.16. The van der Waals surface area contributed by atoms with Crippen molar-refractivity contribution in [2.75, 3.05) is 31.3 Å². The van der Waals surface area contributed by atoms with Gasteiger partial charge in [-0.15, -0.1) is 0 Å². The molecule has 0 fully saturated rings. The second kappa shape index (κ2) is 10.3. The van der Waals surface area contributed by atoms with Crippen molar-refractivity contribution in [2.45, 2.75) is 19.5 Å². The standard InChI is InChI=1S/C26H28N6O3/c1-4-22(33)32-13-17-8-6-7-9-18(17)19(14-32)31-26-23(25(28)29-15-30-26)24(27)16-10-11-20(35-5-2)21(12-16)34-3/h4,6-12,15,19,27H,1,5,13-14H2,2-3H3,(H3,28,29,30,31). The van der Waals surface area contributed by atoms with Gasteiger partial charge in [-0.25, -0.2) is 9.97 Å². The average molecular weight is 473 g/mol. The van der Waals surface area contributed by atoms with Gasteiger partial charge in [-0.1, -0.05) is 30.8 Å². The summed E-state index contributed by atoms with van der Waals surface area (Å²) < 4.78 is 11.0. The number of anilines is 2. The molecule has 35 heavy (non-hydrogen) atoms. The molecule has 0 radical (unpaired) electrons. The molecule has 3 aromatic rings. The molecule has 4 rings (SSSR count). The fraction of sp³-hybridized carbons (Fsp3) is 0.231. The van der Waals surface area contributed by atoms with Crippen molar-refractivity contribution in [3.8, 4) is 11.5 Å². The molecule has 9 nitrogen and oxygen atoms in total. The number of aromatic nitrogens is 2. The number of carbonyl (C=O) groups excluding carboxylic acids is 1. The van der Waals surface area contributed by atoms with Gasteiger partial charge >= 0.3 is 0 Å². The third kappa shape index (κ3) is 4.79. The molecule has 2 aromatic carbocycles. The summed E-state index contributed by atoms with van der Waals surface area (Å²) in [5.74, 6) is 1.53. The number of amides is 1. The van der Waals surface area contributed by atoms with Crippen molar-refractivity contribution in [1.82, 2.24) is 14.9 Å². The highest BCUT2D eigenvalue weighted by Crippen LogP contribution is 2.33. The molecule has 9 heteroatoms. The van der Waals surface area contributed by atoms with E-state index < -0.39 is 0 Å². The molecule has 0 saturated heterocycles. The van der Waals surface area contributed by atoms with E-state index in [1.807, 2.05) is 31.2 Å². The molecule has 1 amide bonds. The van der Waals surface area contributed by atoms with E-state index in [1.54, 1.807) is 30.2 Å². The smallest absolute Gasteiger partial charge is 0.246 e. The number of nitrogens with two attached hydrogens (primary N) is 1. The van der Waals surface area contributed by atoms with Crippen LogP contribution < -0.4 is 20.5 Å². The molecule has 1 aliphatic rings. The molecular formula is C26H28N6O3. The lowest BCUT2D eigenvalue weighted by Gasteiger charge is -2.35. The molecular weight excluding hydrogens is 444 g/mol. The van der Waals surface area contributed by atoms with Gasteiger partial charge in [0.2, 0.25) is 5.91 Å². The van der Waals surface area contributed by atoms with Gasteiger partial charge in [0.15, 0.2) is 11.5 Å². The Balaban J connectivity index is 1.71. The Hall–Kier alpha value is -4.40. The molecule has 4 N–H and O–H groups in total. The van der Waals surface area contributed by atoms with E-state index >= 15 is 0 Å². The fourth-order valence-electron chi connectivity index (χ4n) is 4.19. The van der Waals surface area contributed by atoms with Gasteiger partial charge in [0.1, 0.15) is 18.0 Å². The second-order valence-electron chi connectivity index (χ2n) is 7.97. The topological polar surface area (TPSA) is 126 Å². The molecule has 0 bridgehead atoms. The van der Waals surface area contributed by atoms with Crippen LogP contribution in [0.1, 0.15) is 35.2 Å². The van der Waals surface area contributed by atoms with Crippen LogP contribution in [0.3, 0.4) is 0 Å². The van der Waals surface area contributed by atoms with Crippen molar-refractivity contribution in [2.24, 2.45) is 0 Å². The fourth-order valence-corrected chi connectivity index (χ4v) is 4.19. The Morgan fingerprint density at radius 2 is 2.09 bits per heavy atom. The van der Waals surface area contributed by atoms with Gasteiger partial charge in [-0.05, 0) is 42.3 Å². The Kier molecular flexibility index (Phi) is 6.96. The Bertz CT molecular complexity index is 1280. The van der Waals surface area contributed by atoms with Crippen molar-refractivity contribution in [3.63, 3.8) is 0 Å². The molecule has 1 aliphatic heterocycles. The number of fused-ring (bicyclic) bond motifs is 1. The number of methoxy groups -OCH3 is 1. The predicted octanol–water partition coefficient (Wildman–Crippen LogP) is 3.56. The zero-order chi connectivity index (χ0) is 24.9. The third-order valence-corrected chi connectivity index (χ3v) is 5.87. The summed E-state index contributed by atoms with van der Waals surface area (Å²) in [5, 5.41) is 12.3. The lowest BCUT2D eigenvalue weighted by molar-refractivity contribution is -0.127. The summed E-state index contributed by atoms with van der Waals surface area (Å²) in [6.45, 7) is 6.92. The van der Waals surface area contributed by atoms with Crippen molar-refractivity contribution < 1.29 is 14.3 Å². The first kappa shape index (κ1) is 23.7. The van der Waals surface area contributed by atoms with Crippen LogP contribution in [0, 0.1) is 5.41 Å². The van der Waals surface area contributed by atoms with Gasteiger partial charge in [0, 0.05) is 18.7 Å². The minimum atomic E-state index is -0.264. The van der Waals surface area contributed by atoms with Gasteiger partial charge < -0.3 is 25.4 Å². The van der Waals surface area contributed by atoms with Crippen LogP contribution >= 0.6 is 0 Å². The maximum absolute atomic E-state index is 12.4. The summed E-state index contributed by atoms with van der Waals surface area (Å²) in [7, 11) is 1.55. The highest BCUT2D eigenvalue weighted by Gasteiger charge is 2.29. The zero-order valence-electron chi connectivity index (χ0n) is 19.7. The monoisotopic (exact) mass is 472 g/mol. The highest BCUT2D eigenvalue weighted by atomic mass is 16.5. The van der Waals surface area contributed by atoms with Crippen molar-refractivity contribution in [3.05, 3.63) is 83.7 Å². The second-order valence-corrected chi connectivity index (χ2v) is 7.97. The number of nitrogens with zero attached hydrogens (tertiary/aromatic N) is 3. The average Bonchev–Trinajstić information content (AvgIpc) is 2.88. The number of nitrogen functional groups attached to an aromatic ring is 1. The molecule has 1 aromatic heterocycles. The number of benzene rings is 2. The van der Waals surface area contributed by atoms with Gasteiger partial charge in [0.25, 0.3) is 0 Å². The Morgan fingerprint density at radius 3 is 2.83 bits per heavy atom. The van der Waals surface area contributed by atoms with Crippen LogP contribution in [0.5, 0.6) is 11.5 Å². The Labute approximate surface area is 204 Å². The molecule has 0 spiro atoms. The van der Waals surface area contributed by atoms with E-state index in [0.29, 0.717) is 48.1 Å². The van der Waals surface area contributed by atoms with Crippen LogP contribution in [0.15, 0.2) is 61.4 Å². The van der Waals surface area contributed by atoms with Crippen molar-refractivity contribution in [1.29, 1.82) is 5.41 Å². The van der Waals surface area contributed by atoms with Crippen LogP contribution in [0.25, 0.3) is 0 Å². The van der Waals surface area contributed by atoms with Gasteiger partial charge in [0.05, 0.1) is 31.0 Å². The molecule has 2 heterocycles. The maximum atomic E-state index is 12.4. The summed E-state index contributed by atoms with van der Waals surface area (Å²) >= 11 is 0. The molecule has 180 valence electrons. The molecule has 1 unspecified atom stereocenters. The summed E-state index contributed by atoms with van der Waals surface area (Å²) in [4.78, 5) is 22.7. The predicted molar refractivity (Wildman–Crippen MR) is 135 cm³/mol. The number of hydrogen-bond acceptors (Lipinski definition) is 8. The first-order valence-electron chi connectivity index (χ1n) is 11.2. The number of ether oxygens (including phenoxy) is 2. The summed E-state index contributed by atoms with van der Waals surface area (Å²) in [5.41, 5.74) is 9.39. The molecule has 0 saturated carbocycles. The summed E-state index contributed by atoms with van der Waals surface area (Å²) in [6.07, 6.45) is 2.67. The number of nitrogens with one attached hydrogen (secondary N) is 2. The van der Waals surface area contributed by atoms with E-state index in [0.717, 1.165) is 11.1 Å². The van der Waals surface area contributed by atoms with E-state index in [2.05, 4.69) is 21.9 Å². The van der Waals surface area contributed by atoms with Crippen LogP contribution in [-0.2, 0) is 11.3 Å². The minimum Gasteiger partial charge on any atom is -0.493 e. The van der Waals surface area contributed by atoms with Crippen LogP contribution in [0.2, 0.25) is 0 Å². The van der Waals surface area contributed by atoms with Gasteiger partial charge in [-0.3, -0.25) is 10.2 Å². The van der Waals surface area contributed by atoms with E-state index in [9.17, 15) is 4.79 Å². The van der Waals surface area contributed by atoms with Crippen LogP contribution in [0.4, 0.5) is 11.6 Å². The van der Waals surface area contributed by atoms with E-state index in [1.165, 1.54) is 12.4 Å². The third-order valence-electron chi connectivity index (χ3n) is 5.87. The maximum Gasteiger partial charge on any atom is 0.246 e. The normalized spacial score (nSPS) is 14.6.